The molecule has 1 amide bonds. The molecule has 5 heteroatoms. The van der Waals surface area contributed by atoms with Crippen molar-refractivity contribution < 1.29 is 9.53 Å². The van der Waals surface area contributed by atoms with E-state index >= 15 is 0 Å². The van der Waals surface area contributed by atoms with Gasteiger partial charge in [0.25, 0.3) is 0 Å². The zero-order chi connectivity index (χ0) is 16.7. The van der Waals surface area contributed by atoms with E-state index in [1.54, 1.807) is 0 Å². The molecule has 0 aromatic heterocycles. The summed E-state index contributed by atoms with van der Waals surface area (Å²) in [7, 11) is 3.30. The SMILES string of the molecule is CCCCCCc1cccc(C2CN=C(NC(=O)OC)N2C)c1. The Kier molecular flexibility index (Phi) is 6.44. The van der Waals surface area contributed by atoms with E-state index in [1.807, 2.05) is 11.9 Å². The van der Waals surface area contributed by atoms with Crippen molar-refractivity contribution >= 4 is 12.1 Å². The van der Waals surface area contributed by atoms with E-state index in [0.29, 0.717) is 12.5 Å². The number of ether oxygens (including phenoxy) is 1. The van der Waals surface area contributed by atoms with Crippen molar-refractivity contribution in [2.75, 3.05) is 20.7 Å². The Bertz CT molecular complexity index is 557. The molecule has 0 radical (unpaired) electrons. The summed E-state index contributed by atoms with van der Waals surface area (Å²) >= 11 is 0. The first-order valence-electron chi connectivity index (χ1n) is 8.36. The smallest absolute Gasteiger partial charge is 0.413 e. The number of methoxy groups -OCH3 is 1. The Morgan fingerprint density at radius 2 is 2.22 bits per heavy atom. The van der Waals surface area contributed by atoms with Crippen molar-refractivity contribution in [1.29, 1.82) is 0 Å². The van der Waals surface area contributed by atoms with Crippen LogP contribution >= 0.6 is 0 Å². The number of likely N-dealkylation sites (N-methyl/N-ethyl adjacent to an activating group) is 1. The Morgan fingerprint density at radius 3 is 2.96 bits per heavy atom. The van der Waals surface area contributed by atoms with Gasteiger partial charge in [-0.25, -0.2) is 4.79 Å². The van der Waals surface area contributed by atoms with Crippen molar-refractivity contribution in [2.24, 2.45) is 4.99 Å². The standard InChI is InChI=1S/C18H27N3O2/c1-4-5-6-7-9-14-10-8-11-15(12-14)16-13-19-17(21(16)2)20-18(22)23-3/h8,10-12,16H,4-7,9,13H2,1-3H3,(H,19,20,22). The van der Waals surface area contributed by atoms with Crippen LogP contribution in [0, 0.1) is 0 Å². The van der Waals surface area contributed by atoms with E-state index in [-0.39, 0.29) is 6.04 Å². The molecule has 23 heavy (non-hydrogen) atoms. The number of aryl methyl sites for hydroxylation is 1. The molecule has 0 saturated carbocycles. The van der Waals surface area contributed by atoms with Crippen molar-refractivity contribution in [3.8, 4) is 0 Å². The Labute approximate surface area is 138 Å². The number of carbonyl (C=O) groups excluding carboxylic acids is 1. The minimum Gasteiger partial charge on any atom is -0.453 e. The number of amides is 1. The van der Waals surface area contributed by atoms with Gasteiger partial charge in [0.05, 0.1) is 19.7 Å². The van der Waals surface area contributed by atoms with Crippen LogP contribution in [0.4, 0.5) is 4.79 Å². The van der Waals surface area contributed by atoms with Gasteiger partial charge in [0, 0.05) is 7.05 Å². The highest BCUT2D eigenvalue weighted by atomic mass is 16.5. The zero-order valence-electron chi connectivity index (χ0n) is 14.3. The molecule has 0 saturated heterocycles. The fourth-order valence-corrected chi connectivity index (χ4v) is 2.87. The van der Waals surface area contributed by atoms with Crippen LogP contribution in [-0.4, -0.2) is 37.7 Å². The number of nitrogens with one attached hydrogen (secondary N) is 1. The minimum atomic E-state index is -0.485. The van der Waals surface area contributed by atoms with E-state index in [0.717, 1.165) is 6.42 Å². The van der Waals surface area contributed by atoms with E-state index in [4.69, 9.17) is 0 Å². The number of rotatable bonds is 6. The molecular formula is C18H27N3O2. The van der Waals surface area contributed by atoms with Gasteiger partial charge in [-0.15, -0.1) is 0 Å². The molecule has 0 aliphatic carbocycles. The summed E-state index contributed by atoms with van der Waals surface area (Å²) in [6.45, 7) is 2.88. The Morgan fingerprint density at radius 1 is 1.39 bits per heavy atom. The normalized spacial score (nSPS) is 17.1. The molecule has 1 N–H and O–H groups in total. The summed E-state index contributed by atoms with van der Waals surface area (Å²) in [5, 5.41) is 2.66. The first kappa shape index (κ1) is 17.3. The highest BCUT2D eigenvalue weighted by Crippen LogP contribution is 2.25. The van der Waals surface area contributed by atoms with Gasteiger partial charge in [-0.2, -0.15) is 0 Å². The van der Waals surface area contributed by atoms with Crippen LogP contribution in [0.1, 0.15) is 49.8 Å². The van der Waals surface area contributed by atoms with Gasteiger partial charge in [0.15, 0.2) is 0 Å². The molecule has 126 valence electrons. The lowest BCUT2D eigenvalue weighted by Crippen LogP contribution is -2.40. The summed E-state index contributed by atoms with van der Waals surface area (Å²) in [5.41, 5.74) is 2.62. The monoisotopic (exact) mass is 317 g/mol. The lowest BCUT2D eigenvalue weighted by molar-refractivity contribution is 0.175. The number of unbranched alkanes of at least 4 members (excludes halogenated alkanes) is 3. The summed E-state index contributed by atoms with van der Waals surface area (Å²) in [6, 6.07) is 8.87. The fraction of sp³-hybridized carbons (Fsp3) is 0.556. The second kappa shape index (κ2) is 8.56. The van der Waals surface area contributed by atoms with Crippen molar-refractivity contribution in [2.45, 2.75) is 45.1 Å². The van der Waals surface area contributed by atoms with Gasteiger partial charge in [0.2, 0.25) is 5.96 Å². The molecule has 1 atom stereocenters. The average molecular weight is 317 g/mol. The van der Waals surface area contributed by atoms with Crippen LogP contribution < -0.4 is 5.32 Å². The quantitative estimate of drug-likeness (QED) is 0.817. The number of benzene rings is 1. The second-order valence-corrected chi connectivity index (χ2v) is 5.96. The number of carbonyl (C=O) groups is 1. The molecule has 1 aromatic carbocycles. The highest BCUT2D eigenvalue weighted by Gasteiger charge is 2.27. The van der Waals surface area contributed by atoms with E-state index in [1.165, 1.54) is 43.9 Å². The largest absolute Gasteiger partial charge is 0.453 e. The summed E-state index contributed by atoms with van der Waals surface area (Å²) in [4.78, 5) is 17.7. The van der Waals surface area contributed by atoms with E-state index in [9.17, 15) is 4.79 Å². The second-order valence-electron chi connectivity index (χ2n) is 5.96. The number of hydrogen-bond donors (Lipinski definition) is 1. The van der Waals surface area contributed by atoms with Gasteiger partial charge in [-0.05, 0) is 24.0 Å². The molecule has 0 spiro atoms. The molecule has 1 aliphatic heterocycles. The number of nitrogens with zero attached hydrogens (tertiary/aromatic N) is 2. The topological polar surface area (TPSA) is 53.9 Å². The molecule has 1 heterocycles. The first-order chi connectivity index (χ1) is 11.2. The van der Waals surface area contributed by atoms with Crippen LogP contribution in [0.15, 0.2) is 29.3 Å². The van der Waals surface area contributed by atoms with Crippen molar-refractivity contribution in [3.05, 3.63) is 35.4 Å². The third kappa shape index (κ3) is 4.71. The fourth-order valence-electron chi connectivity index (χ4n) is 2.87. The van der Waals surface area contributed by atoms with Crippen molar-refractivity contribution in [1.82, 2.24) is 10.2 Å². The maximum absolute atomic E-state index is 11.3. The number of guanidine groups is 1. The number of hydrogen-bond acceptors (Lipinski definition) is 4. The highest BCUT2D eigenvalue weighted by molar-refractivity contribution is 5.94. The van der Waals surface area contributed by atoms with Crippen molar-refractivity contribution in [3.63, 3.8) is 0 Å². The molecule has 0 fully saturated rings. The van der Waals surface area contributed by atoms with Gasteiger partial charge in [-0.1, -0.05) is 50.5 Å². The molecular weight excluding hydrogens is 290 g/mol. The molecule has 0 bridgehead atoms. The van der Waals surface area contributed by atoms with Crippen LogP contribution in [0.25, 0.3) is 0 Å². The molecule has 5 nitrogen and oxygen atoms in total. The summed E-state index contributed by atoms with van der Waals surface area (Å²) < 4.78 is 4.63. The lowest BCUT2D eigenvalue weighted by atomic mass is 10.00. The Balaban J connectivity index is 1.96. The van der Waals surface area contributed by atoms with Crippen LogP contribution in [0.2, 0.25) is 0 Å². The minimum absolute atomic E-state index is 0.165. The lowest BCUT2D eigenvalue weighted by Gasteiger charge is -2.23. The van der Waals surface area contributed by atoms with Gasteiger partial charge in [-0.3, -0.25) is 10.3 Å². The average Bonchev–Trinajstić information content (AvgIpc) is 2.92. The predicted octanol–water partition coefficient (Wildman–Crippen LogP) is 3.51. The van der Waals surface area contributed by atoms with E-state index < -0.39 is 6.09 Å². The van der Waals surface area contributed by atoms with E-state index in [2.05, 4.69) is 46.2 Å². The predicted molar refractivity (Wildman–Crippen MR) is 92.6 cm³/mol. The number of alkyl carbamates (subject to hydrolysis) is 1. The molecule has 1 unspecified atom stereocenters. The molecule has 1 aromatic rings. The summed E-state index contributed by atoms with van der Waals surface area (Å²) in [5.74, 6) is 0.565. The first-order valence-corrected chi connectivity index (χ1v) is 8.36. The third-order valence-electron chi connectivity index (χ3n) is 4.27. The Hall–Kier alpha value is -2.04. The van der Waals surface area contributed by atoms with Gasteiger partial charge < -0.3 is 9.64 Å². The number of aliphatic imine (C=N–C) groups is 1. The van der Waals surface area contributed by atoms with Crippen LogP contribution in [0.5, 0.6) is 0 Å². The van der Waals surface area contributed by atoms with Gasteiger partial charge >= 0.3 is 6.09 Å². The zero-order valence-corrected chi connectivity index (χ0v) is 14.3. The molecule has 2 rings (SSSR count). The van der Waals surface area contributed by atoms with Gasteiger partial charge in [0.1, 0.15) is 0 Å². The van der Waals surface area contributed by atoms with Crippen LogP contribution in [-0.2, 0) is 11.2 Å². The maximum atomic E-state index is 11.3. The summed E-state index contributed by atoms with van der Waals surface area (Å²) in [6.07, 6.45) is 5.74. The molecule has 1 aliphatic rings. The maximum Gasteiger partial charge on any atom is 0.413 e. The third-order valence-corrected chi connectivity index (χ3v) is 4.27. The van der Waals surface area contributed by atoms with Crippen LogP contribution in [0.3, 0.4) is 0 Å².